The quantitative estimate of drug-likeness (QED) is 0.517. The third-order valence-corrected chi connectivity index (χ3v) is 5.08. The van der Waals surface area contributed by atoms with Crippen LogP contribution in [0.1, 0.15) is 26.8 Å². The normalized spacial score (nSPS) is 10.2. The number of thiazole rings is 1. The Kier molecular flexibility index (Phi) is 6.22. The highest BCUT2D eigenvalue weighted by molar-refractivity contribution is 7.11. The maximum atomic E-state index is 6.22. The van der Waals surface area contributed by atoms with Crippen molar-refractivity contribution in [3.63, 3.8) is 0 Å². The van der Waals surface area contributed by atoms with Gasteiger partial charge in [0.15, 0.2) is 6.61 Å². The summed E-state index contributed by atoms with van der Waals surface area (Å²) in [5.74, 6) is 6.43. The standard InChI is InChI=1S/C19H18ClN5OS/c1-12-17(20)24-19(26-10-6-8-15-7-4-5-9-21-15)25-18(12)22-11-16-13(2)23-14(3)27-16/h4-5,7,9H,10-11H2,1-3H3,(H,22,24,25). The molecule has 0 spiro atoms. The van der Waals surface area contributed by atoms with Crippen LogP contribution in [0.3, 0.4) is 0 Å². The molecule has 3 aromatic rings. The molecule has 0 amide bonds. The third kappa shape index (κ3) is 5.16. The molecule has 0 radical (unpaired) electrons. The first-order valence-electron chi connectivity index (χ1n) is 8.26. The van der Waals surface area contributed by atoms with Gasteiger partial charge < -0.3 is 10.1 Å². The van der Waals surface area contributed by atoms with Gasteiger partial charge in [0.05, 0.1) is 17.2 Å². The molecule has 3 aromatic heterocycles. The van der Waals surface area contributed by atoms with Crippen LogP contribution >= 0.6 is 22.9 Å². The average Bonchev–Trinajstić information content (AvgIpc) is 2.98. The summed E-state index contributed by atoms with van der Waals surface area (Å²) in [4.78, 5) is 18.3. The molecule has 0 saturated carbocycles. The van der Waals surface area contributed by atoms with Crippen molar-refractivity contribution in [3.8, 4) is 17.9 Å². The number of anilines is 1. The first kappa shape index (κ1) is 19.1. The Balaban J connectivity index is 1.66. The summed E-state index contributed by atoms with van der Waals surface area (Å²) in [5.41, 5.74) is 2.47. The lowest BCUT2D eigenvalue weighted by molar-refractivity contribution is 0.340. The molecule has 0 aliphatic carbocycles. The number of aromatic nitrogens is 4. The van der Waals surface area contributed by atoms with Crippen molar-refractivity contribution in [2.75, 3.05) is 11.9 Å². The van der Waals surface area contributed by atoms with Crippen LogP contribution in [0.4, 0.5) is 5.82 Å². The Bertz CT molecular complexity index is 995. The van der Waals surface area contributed by atoms with Crippen LogP contribution in [-0.4, -0.2) is 26.5 Å². The zero-order chi connectivity index (χ0) is 19.2. The van der Waals surface area contributed by atoms with E-state index in [1.807, 2.05) is 39.0 Å². The summed E-state index contributed by atoms with van der Waals surface area (Å²) < 4.78 is 5.53. The summed E-state index contributed by atoms with van der Waals surface area (Å²) in [5, 5.41) is 4.67. The maximum absolute atomic E-state index is 6.22. The van der Waals surface area contributed by atoms with E-state index in [0.29, 0.717) is 23.2 Å². The predicted molar refractivity (Wildman–Crippen MR) is 107 cm³/mol. The van der Waals surface area contributed by atoms with Crippen LogP contribution in [0.2, 0.25) is 5.15 Å². The van der Waals surface area contributed by atoms with Gasteiger partial charge in [0.25, 0.3) is 0 Å². The monoisotopic (exact) mass is 399 g/mol. The Morgan fingerprint density at radius 2 is 2.04 bits per heavy atom. The fourth-order valence-electron chi connectivity index (χ4n) is 2.27. The molecule has 0 unspecified atom stereocenters. The second-order valence-electron chi connectivity index (χ2n) is 5.67. The van der Waals surface area contributed by atoms with Crippen molar-refractivity contribution in [2.45, 2.75) is 27.3 Å². The minimum absolute atomic E-state index is 0.141. The Morgan fingerprint density at radius 1 is 1.19 bits per heavy atom. The molecule has 0 bridgehead atoms. The molecular weight excluding hydrogens is 382 g/mol. The van der Waals surface area contributed by atoms with E-state index in [1.165, 1.54) is 0 Å². The van der Waals surface area contributed by atoms with Crippen molar-refractivity contribution >= 4 is 28.8 Å². The number of aryl methyl sites for hydroxylation is 2. The van der Waals surface area contributed by atoms with Crippen LogP contribution in [-0.2, 0) is 6.54 Å². The number of rotatable bonds is 5. The Morgan fingerprint density at radius 3 is 2.74 bits per heavy atom. The number of pyridine rings is 1. The SMILES string of the molecule is Cc1nc(C)c(CNc2nc(OCC#Cc3ccccn3)nc(Cl)c2C)s1. The van der Waals surface area contributed by atoms with Gasteiger partial charge in [-0.1, -0.05) is 23.6 Å². The van der Waals surface area contributed by atoms with Gasteiger partial charge in [-0.15, -0.1) is 11.3 Å². The molecular formula is C19H18ClN5OS. The van der Waals surface area contributed by atoms with Gasteiger partial charge in [-0.25, -0.2) is 9.97 Å². The number of ether oxygens (including phenoxy) is 1. The molecule has 8 heteroatoms. The highest BCUT2D eigenvalue weighted by Gasteiger charge is 2.11. The summed E-state index contributed by atoms with van der Waals surface area (Å²) in [6.45, 7) is 6.61. The smallest absolute Gasteiger partial charge is 0.320 e. The highest BCUT2D eigenvalue weighted by Crippen LogP contribution is 2.24. The number of nitrogens with one attached hydrogen (secondary N) is 1. The van der Waals surface area contributed by atoms with Gasteiger partial charge in [-0.2, -0.15) is 9.97 Å². The van der Waals surface area contributed by atoms with E-state index < -0.39 is 0 Å². The molecule has 0 aliphatic rings. The van der Waals surface area contributed by atoms with Crippen molar-refractivity contribution < 1.29 is 4.74 Å². The minimum Gasteiger partial charge on any atom is -0.450 e. The van der Waals surface area contributed by atoms with Gasteiger partial charge in [0.2, 0.25) is 0 Å². The molecule has 6 nitrogen and oxygen atoms in total. The average molecular weight is 400 g/mol. The van der Waals surface area contributed by atoms with E-state index in [0.717, 1.165) is 21.1 Å². The summed E-state index contributed by atoms with van der Waals surface area (Å²) in [6, 6.07) is 5.73. The van der Waals surface area contributed by atoms with Crippen LogP contribution in [0.15, 0.2) is 24.4 Å². The van der Waals surface area contributed by atoms with Crippen LogP contribution in [0, 0.1) is 32.6 Å². The second-order valence-corrected chi connectivity index (χ2v) is 7.32. The molecule has 1 N–H and O–H groups in total. The number of halogens is 1. The molecule has 0 atom stereocenters. The van der Waals surface area contributed by atoms with E-state index in [4.69, 9.17) is 16.3 Å². The fourth-order valence-corrected chi connectivity index (χ4v) is 3.31. The molecule has 138 valence electrons. The molecule has 3 heterocycles. The summed E-state index contributed by atoms with van der Waals surface area (Å²) in [6.07, 6.45) is 1.69. The molecule has 27 heavy (non-hydrogen) atoms. The second kappa shape index (κ2) is 8.80. The van der Waals surface area contributed by atoms with Gasteiger partial charge in [-0.05, 0) is 38.8 Å². The van der Waals surface area contributed by atoms with E-state index in [1.54, 1.807) is 17.5 Å². The predicted octanol–water partition coefficient (Wildman–Crippen LogP) is 3.95. The number of nitrogens with zero attached hydrogens (tertiary/aromatic N) is 4. The van der Waals surface area contributed by atoms with Crippen LogP contribution in [0.5, 0.6) is 6.01 Å². The van der Waals surface area contributed by atoms with E-state index in [2.05, 4.69) is 37.1 Å². The van der Waals surface area contributed by atoms with Crippen molar-refractivity contribution in [2.24, 2.45) is 0 Å². The lowest BCUT2D eigenvalue weighted by Gasteiger charge is -2.10. The topological polar surface area (TPSA) is 72.8 Å². The van der Waals surface area contributed by atoms with E-state index in [-0.39, 0.29) is 12.6 Å². The molecule has 0 aromatic carbocycles. The number of hydrogen-bond acceptors (Lipinski definition) is 7. The molecule has 0 saturated heterocycles. The van der Waals surface area contributed by atoms with Gasteiger partial charge in [0.1, 0.15) is 16.7 Å². The van der Waals surface area contributed by atoms with Crippen molar-refractivity contribution in [3.05, 3.63) is 56.4 Å². The van der Waals surface area contributed by atoms with Crippen LogP contribution in [0.25, 0.3) is 0 Å². The highest BCUT2D eigenvalue weighted by atomic mass is 35.5. The van der Waals surface area contributed by atoms with Gasteiger partial charge in [-0.3, -0.25) is 0 Å². The van der Waals surface area contributed by atoms with Gasteiger partial charge >= 0.3 is 6.01 Å². The summed E-state index contributed by atoms with van der Waals surface area (Å²) in [7, 11) is 0. The van der Waals surface area contributed by atoms with Crippen LogP contribution < -0.4 is 10.1 Å². The van der Waals surface area contributed by atoms with Crippen molar-refractivity contribution in [1.29, 1.82) is 0 Å². The zero-order valence-electron chi connectivity index (χ0n) is 15.2. The first-order valence-corrected chi connectivity index (χ1v) is 9.46. The maximum Gasteiger partial charge on any atom is 0.320 e. The Labute approximate surface area is 167 Å². The summed E-state index contributed by atoms with van der Waals surface area (Å²) >= 11 is 7.88. The van der Waals surface area contributed by atoms with Gasteiger partial charge in [0, 0.05) is 16.6 Å². The number of hydrogen-bond donors (Lipinski definition) is 1. The zero-order valence-corrected chi connectivity index (χ0v) is 16.8. The molecule has 0 fully saturated rings. The Hall–Kier alpha value is -2.69. The fraction of sp³-hybridized carbons (Fsp3) is 0.263. The van der Waals surface area contributed by atoms with Crippen molar-refractivity contribution in [1.82, 2.24) is 19.9 Å². The minimum atomic E-state index is 0.141. The third-order valence-electron chi connectivity index (χ3n) is 3.64. The molecule has 0 aliphatic heterocycles. The van der Waals surface area contributed by atoms with E-state index >= 15 is 0 Å². The van der Waals surface area contributed by atoms with E-state index in [9.17, 15) is 0 Å². The lowest BCUT2D eigenvalue weighted by atomic mass is 10.3. The largest absolute Gasteiger partial charge is 0.450 e. The molecule has 3 rings (SSSR count). The first-order chi connectivity index (χ1) is 13.0. The lowest BCUT2D eigenvalue weighted by Crippen LogP contribution is -2.07.